The first-order valence-corrected chi connectivity index (χ1v) is 12.1. The molecule has 3 aliphatic rings. The number of nitrogens with zero attached hydrogens (tertiary/aromatic N) is 2. The summed E-state index contributed by atoms with van der Waals surface area (Å²) in [7, 11) is 0. The van der Waals surface area contributed by atoms with E-state index in [0.29, 0.717) is 38.8 Å². The summed E-state index contributed by atoms with van der Waals surface area (Å²) in [4.78, 5) is 42.4. The van der Waals surface area contributed by atoms with E-state index in [1.54, 1.807) is 4.90 Å². The van der Waals surface area contributed by atoms with Crippen LogP contribution in [0.2, 0.25) is 0 Å². The Hall–Kier alpha value is -2.67. The molecule has 7 heteroatoms. The van der Waals surface area contributed by atoms with Crippen LogP contribution in [0.4, 0.5) is 0 Å². The van der Waals surface area contributed by atoms with Crippen LogP contribution in [0.3, 0.4) is 0 Å². The van der Waals surface area contributed by atoms with Gasteiger partial charge in [0.1, 0.15) is 6.61 Å². The summed E-state index contributed by atoms with van der Waals surface area (Å²) < 4.78 is 5.43. The Bertz CT molecular complexity index is 898. The van der Waals surface area contributed by atoms with Gasteiger partial charge < -0.3 is 19.6 Å². The van der Waals surface area contributed by atoms with Gasteiger partial charge in [-0.05, 0) is 49.7 Å². The van der Waals surface area contributed by atoms with Gasteiger partial charge in [0.2, 0.25) is 11.8 Å². The van der Waals surface area contributed by atoms with E-state index in [1.165, 1.54) is 0 Å². The second-order valence-electron chi connectivity index (χ2n) is 9.34. The topological polar surface area (TPSA) is 87.2 Å². The number of allylic oxidation sites excluding steroid dienone is 2. The molecule has 178 valence electrons. The number of hydrogen-bond donors (Lipinski definition) is 1. The minimum Gasteiger partial charge on any atom is -0.463 e. The number of benzene rings is 1. The molecule has 1 saturated heterocycles. The quantitative estimate of drug-likeness (QED) is 0.560. The molecule has 0 saturated carbocycles. The first-order chi connectivity index (χ1) is 16.1. The largest absolute Gasteiger partial charge is 0.463 e. The number of fused-ring (bicyclic) bond motifs is 2. The number of aliphatic hydroxyl groups excluding tert-OH is 1. The number of aliphatic hydroxyl groups is 1. The number of cyclic esters (lactones) is 1. The van der Waals surface area contributed by atoms with Crippen molar-refractivity contribution in [2.75, 3.05) is 19.8 Å². The Morgan fingerprint density at radius 1 is 1.12 bits per heavy atom. The Morgan fingerprint density at radius 2 is 1.94 bits per heavy atom. The normalized spacial score (nSPS) is 26.5. The van der Waals surface area contributed by atoms with E-state index < -0.39 is 5.92 Å². The number of hydrogen-bond acceptors (Lipinski definition) is 5. The minimum absolute atomic E-state index is 0.0382. The molecular formula is C26H34N2O5. The van der Waals surface area contributed by atoms with E-state index in [9.17, 15) is 19.5 Å². The first kappa shape index (κ1) is 23.5. The van der Waals surface area contributed by atoms with Crippen LogP contribution in [0.25, 0.3) is 0 Å². The molecule has 1 aromatic carbocycles. The highest BCUT2D eigenvalue weighted by Crippen LogP contribution is 2.28. The first-order valence-electron chi connectivity index (χ1n) is 12.1. The van der Waals surface area contributed by atoms with Crippen molar-refractivity contribution in [3.8, 4) is 0 Å². The molecule has 1 aromatic rings. The summed E-state index contributed by atoms with van der Waals surface area (Å²) in [5, 5.41) is 9.95. The van der Waals surface area contributed by atoms with Crippen LogP contribution in [0.5, 0.6) is 0 Å². The van der Waals surface area contributed by atoms with Crippen LogP contribution >= 0.6 is 0 Å². The molecule has 1 fully saturated rings. The summed E-state index contributed by atoms with van der Waals surface area (Å²) in [6.07, 6.45) is 8.72. The van der Waals surface area contributed by atoms with Crippen molar-refractivity contribution < 1.29 is 24.2 Å². The third-order valence-electron chi connectivity index (χ3n) is 7.09. The highest BCUT2D eigenvalue weighted by molar-refractivity contribution is 5.86. The molecule has 0 aliphatic carbocycles. The van der Waals surface area contributed by atoms with Crippen molar-refractivity contribution in [3.05, 3.63) is 47.5 Å². The van der Waals surface area contributed by atoms with Crippen molar-refractivity contribution in [1.82, 2.24) is 9.80 Å². The molecule has 3 heterocycles. The maximum absolute atomic E-state index is 13.5. The molecule has 2 amide bonds. The van der Waals surface area contributed by atoms with Gasteiger partial charge in [-0.3, -0.25) is 14.4 Å². The van der Waals surface area contributed by atoms with Gasteiger partial charge in [0.15, 0.2) is 0 Å². The van der Waals surface area contributed by atoms with Crippen LogP contribution in [-0.2, 0) is 32.1 Å². The summed E-state index contributed by atoms with van der Waals surface area (Å²) in [6.45, 7) is 1.22. The Morgan fingerprint density at radius 3 is 2.76 bits per heavy atom. The number of rotatable bonds is 3. The van der Waals surface area contributed by atoms with E-state index in [2.05, 4.69) is 0 Å². The summed E-state index contributed by atoms with van der Waals surface area (Å²) in [5.41, 5.74) is 2.26. The molecule has 0 unspecified atom stereocenters. The fraction of sp³-hybridized carbons (Fsp3) is 0.577. The average Bonchev–Trinajstić information content (AvgIpc) is 3.30. The van der Waals surface area contributed by atoms with Gasteiger partial charge in [-0.15, -0.1) is 0 Å². The number of carbonyl (C=O) groups excluding carboxylic acids is 3. The van der Waals surface area contributed by atoms with Gasteiger partial charge in [0.05, 0.1) is 24.6 Å². The summed E-state index contributed by atoms with van der Waals surface area (Å²) >= 11 is 0. The number of ether oxygens (including phenoxy) is 1. The van der Waals surface area contributed by atoms with Gasteiger partial charge in [0, 0.05) is 25.9 Å². The van der Waals surface area contributed by atoms with Crippen molar-refractivity contribution in [1.29, 1.82) is 0 Å². The molecule has 4 rings (SSSR count). The maximum atomic E-state index is 13.5. The number of carbonyl (C=O) groups is 3. The standard InChI is InChI=1S/C26H34N2O5/c29-17-23-14-19-8-5-6-10-21(19)16-28(23)24(30)15-20-9-3-1-2-4-12-25(31)33-18-22-11-7-13-27(22)26(20)32/h1,3,5-6,8,10,20,22-23,29H,2,4,7,9,11-18H2/t20-,22+,23+/m1/s1. The van der Waals surface area contributed by atoms with Crippen LogP contribution in [0.15, 0.2) is 36.4 Å². The van der Waals surface area contributed by atoms with Gasteiger partial charge in [-0.1, -0.05) is 36.4 Å². The monoisotopic (exact) mass is 454 g/mol. The minimum atomic E-state index is -0.456. The Kier molecular flexibility index (Phi) is 7.81. The van der Waals surface area contributed by atoms with Gasteiger partial charge >= 0.3 is 5.97 Å². The zero-order valence-corrected chi connectivity index (χ0v) is 19.2. The zero-order valence-electron chi connectivity index (χ0n) is 19.2. The molecule has 3 aliphatic heterocycles. The zero-order chi connectivity index (χ0) is 23.2. The molecule has 0 aromatic heterocycles. The maximum Gasteiger partial charge on any atom is 0.305 e. The Balaban J connectivity index is 1.50. The third-order valence-corrected chi connectivity index (χ3v) is 7.09. The molecule has 0 radical (unpaired) electrons. The van der Waals surface area contributed by atoms with E-state index in [0.717, 1.165) is 30.4 Å². The molecule has 0 spiro atoms. The van der Waals surface area contributed by atoms with Gasteiger partial charge in [0.25, 0.3) is 0 Å². The predicted molar refractivity (Wildman–Crippen MR) is 123 cm³/mol. The van der Waals surface area contributed by atoms with E-state index in [1.807, 2.05) is 41.3 Å². The number of amides is 2. The molecule has 3 atom stereocenters. The molecule has 0 bridgehead atoms. The van der Waals surface area contributed by atoms with Crippen molar-refractivity contribution in [2.45, 2.75) is 70.0 Å². The lowest BCUT2D eigenvalue weighted by atomic mass is 9.92. The second-order valence-corrected chi connectivity index (χ2v) is 9.34. The van der Waals surface area contributed by atoms with E-state index in [4.69, 9.17) is 4.74 Å². The predicted octanol–water partition coefficient (Wildman–Crippen LogP) is 2.60. The van der Waals surface area contributed by atoms with E-state index in [-0.39, 0.29) is 49.5 Å². The van der Waals surface area contributed by atoms with Crippen LogP contribution in [-0.4, -0.2) is 64.5 Å². The van der Waals surface area contributed by atoms with Gasteiger partial charge in [-0.25, -0.2) is 0 Å². The van der Waals surface area contributed by atoms with Gasteiger partial charge in [-0.2, -0.15) is 0 Å². The van der Waals surface area contributed by atoms with Crippen molar-refractivity contribution >= 4 is 17.8 Å². The molecule has 33 heavy (non-hydrogen) atoms. The van der Waals surface area contributed by atoms with Crippen molar-refractivity contribution in [3.63, 3.8) is 0 Å². The van der Waals surface area contributed by atoms with Crippen LogP contribution in [0, 0.1) is 5.92 Å². The molecule has 1 N–H and O–H groups in total. The highest BCUT2D eigenvalue weighted by atomic mass is 16.5. The summed E-state index contributed by atoms with van der Waals surface area (Å²) in [5.74, 6) is -0.804. The smallest absolute Gasteiger partial charge is 0.305 e. The highest BCUT2D eigenvalue weighted by Gasteiger charge is 2.36. The van der Waals surface area contributed by atoms with E-state index >= 15 is 0 Å². The van der Waals surface area contributed by atoms with Crippen LogP contribution in [0.1, 0.15) is 56.1 Å². The van der Waals surface area contributed by atoms with Crippen molar-refractivity contribution in [2.24, 2.45) is 5.92 Å². The third kappa shape index (κ3) is 5.64. The number of esters is 1. The Labute approximate surface area is 195 Å². The lowest BCUT2D eigenvalue weighted by Gasteiger charge is -2.37. The fourth-order valence-electron chi connectivity index (χ4n) is 5.18. The molecule has 7 nitrogen and oxygen atoms in total. The average molecular weight is 455 g/mol. The SMILES string of the molecule is O=C1CCCC=CC[C@H](CC(=O)N2Cc3ccccc3C[C@H]2CO)C(=O)N2CCC[C@H]2CO1. The molecular weight excluding hydrogens is 420 g/mol. The lowest BCUT2D eigenvalue weighted by molar-refractivity contribution is -0.149. The van der Waals surface area contributed by atoms with Crippen LogP contribution < -0.4 is 0 Å². The second kappa shape index (κ2) is 11.0. The lowest BCUT2D eigenvalue weighted by Crippen LogP contribution is -2.48. The fourth-order valence-corrected chi connectivity index (χ4v) is 5.18. The summed E-state index contributed by atoms with van der Waals surface area (Å²) in [6, 6.07) is 7.62.